The first kappa shape index (κ1) is 60.5. The van der Waals surface area contributed by atoms with Crippen LogP contribution in [0.5, 0.6) is 0 Å². The van der Waals surface area contributed by atoms with Gasteiger partial charge in [0.15, 0.2) is 0 Å². The van der Waals surface area contributed by atoms with Gasteiger partial charge in [0.2, 0.25) is 65.0 Å². The molecule has 2 aromatic carbocycles. The number of primary amides is 3. The maximum Gasteiger partial charge on any atom is 0.326 e. The summed E-state index contributed by atoms with van der Waals surface area (Å²) in [4.78, 5) is 157. The number of thiol groups is 1. The summed E-state index contributed by atoms with van der Waals surface area (Å²) in [5, 5.41) is 28.4. The zero-order valence-electron chi connectivity index (χ0n) is 40.3. The Balaban J connectivity index is 2.47. The lowest BCUT2D eigenvalue weighted by molar-refractivity contribution is -0.142. The SMILES string of the molecule is CC(C)C[C@H](NC(=O)CNC(=O)[C@H](CC(N)=O)NC(=O)[C@H](Cc1ccccc1)NC(=O)[C@H](CC(N)=O)NC(=O)[C@H](Cc1ccccc1)NC(=O)[C@H](CC(N)=O)NC(=O)[C@@H](NC(=O)[C@@H](N)CS)C(C)C)C(=O)O. The van der Waals surface area contributed by atoms with Crippen LogP contribution in [0.3, 0.4) is 0 Å². The third-order valence-corrected chi connectivity index (χ3v) is 10.9. The molecule has 0 aromatic heterocycles. The number of nitrogens with one attached hydrogen (secondary N) is 8. The molecule has 0 aliphatic heterocycles. The summed E-state index contributed by atoms with van der Waals surface area (Å²) in [7, 11) is 0. The van der Waals surface area contributed by atoms with Gasteiger partial charge in [-0.2, -0.15) is 12.6 Å². The number of aliphatic carboxylic acids is 1. The minimum absolute atomic E-state index is 0.0519. The number of amides is 11. The van der Waals surface area contributed by atoms with Crippen LogP contribution in [0.25, 0.3) is 0 Å². The van der Waals surface area contributed by atoms with Crippen LogP contribution in [0.1, 0.15) is 64.5 Å². The smallest absolute Gasteiger partial charge is 0.326 e. The van der Waals surface area contributed by atoms with Crippen molar-refractivity contribution in [2.24, 2.45) is 34.8 Å². The van der Waals surface area contributed by atoms with Gasteiger partial charge in [-0.25, -0.2) is 4.79 Å². The van der Waals surface area contributed by atoms with Gasteiger partial charge in [-0.15, -0.1) is 0 Å². The second kappa shape index (κ2) is 30.2. The predicted octanol–water partition coefficient (Wildman–Crippen LogP) is -4.35. The van der Waals surface area contributed by atoms with Crippen molar-refractivity contribution in [3.63, 3.8) is 0 Å². The monoisotopic (exact) mass is 1030 g/mol. The average molecular weight is 1030 g/mol. The Morgan fingerprint density at radius 1 is 0.500 bits per heavy atom. The van der Waals surface area contributed by atoms with Gasteiger partial charge in [0, 0.05) is 18.6 Å². The number of carbonyl (C=O) groups is 12. The van der Waals surface area contributed by atoms with Crippen molar-refractivity contribution in [3.8, 4) is 0 Å². The molecule has 2 rings (SSSR count). The lowest BCUT2D eigenvalue weighted by atomic mass is 10.0. The van der Waals surface area contributed by atoms with Crippen LogP contribution in [-0.2, 0) is 70.4 Å². The second-order valence-electron chi connectivity index (χ2n) is 17.5. The van der Waals surface area contributed by atoms with Crippen LogP contribution in [-0.4, -0.2) is 137 Å². The van der Waals surface area contributed by atoms with Gasteiger partial charge >= 0.3 is 5.97 Å². The molecule has 72 heavy (non-hydrogen) atoms. The number of nitrogens with two attached hydrogens (primary N) is 4. The molecule has 26 heteroatoms. The van der Waals surface area contributed by atoms with Gasteiger partial charge in [-0.05, 0) is 29.4 Å². The Morgan fingerprint density at radius 3 is 1.24 bits per heavy atom. The van der Waals surface area contributed by atoms with Gasteiger partial charge in [0.25, 0.3) is 0 Å². The molecule has 0 heterocycles. The van der Waals surface area contributed by atoms with E-state index in [9.17, 15) is 62.6 Å². The zero-order chi connectivity index (χ0) is 54.2. The predicted molar refractivity (Wildman–Crippen MR) is 262 cm³/mol. The molecule has 0 saturated carbocycles. The van der Waals surface area contributed by atoms with Crippen LogP contribution in [0.15, 0.2) is 60.7 Å². The van der Waals surface area contributed by atoms with Crippen molar-refractivity contribution in [1.29, 1.82) is 0 Å². The molecule has 0 aliphatic rings. The molecule has 11 amide bonds. The zero-order valence-corrected chi connectivity index (χ0v) is 41.2. The summed E-state index contributed by atoms with van der Waals surface area (Å²) in [5.41, 5.74) is 23.0. The Kier molecular flexibility index (Phi) is 25.4. The molecule has 25 nitrogen and oxygen atoms in total. The van der Waals surface area contributed by atoms with Gasteiger partial charge in [0.05, 0.1) is 31.8 Å². The van der Waals surface area contributed by atoms with Crippen LogP contribution in [0.2, 0.25) is 0 Å². The molecule has 394 valence electrons. The first-order valence-corrected chi connectivity index (χ1v) is 23.4. The largest absolute Gasteiger partial charge is 0.480 e. The molecule has 0 saturated heterocycles. The lowest BCUT2D eigenvalue weighted by Crippen LogP contribution is -2.61. The molecular weight excluding hydrogens is 961 g/mol. The van der Waals surface area contributed by atoms with Gasteiger partial charge < -0.3 is 70.6 Å². The molecule has 2 aromatic rings. The summed E-state index contributed by atoms with van der Waals surface area (Å²) >= 11 is 4.00. The summed E-state index contributed by atoms with van der Waals surface area (Å²) in [6.45, 7) is 5.90. The topological polar surface area (TPSA) is 425 Å². The normalized spacial score (nSPS) is 14.3. The number of hydrogen-bond acceptors (Lipinski definition) is 14. The fourth-order valence-corrected chi connectivity index (χ4v) is 6.97. The molecular formula is C46H66N12O13S. The van der Waals surface area contributed by atoms with Crippen LogP contribution in [0.4, 0.5) is 0 Å². The lowest BCUT2D eigenvalue weighted by Gasteiger charge is -2.28. The van der Waals surface area contributed by atoms with E-state index >= 15 is 0 Å². The van der Waals surface area contributed by atoms with E-state index in [0.29, 0.717) is 11.1 Å². The van der Waals surface area contributed by atoms with E-state index in [1.807, 2.05) is 0 Å². The summed E-state index contributed by atoms with van der Waals surface area (Å²) in [5.74, 6) is -13.3. The van der Waals surface area contributed by atoms with E-state index in [1.165, 1.54) is 0 Å². The number of carbonyl (C=O) groups excluding carboxylic acids is 11. The van der Waals surface area contributed by atoms with Crippen molar-refractivity contribution in [1.82, 2.24) is 42.5 Å². The molecule has 0 fully saturated rings. The van der Waals surface area contributed by atoms with Gasteiger partial charge in [-0.1, -0.05) is 88.4 Å². The van der Waals surface area contributed by atoms with Crippen LogP contribution < -0.4 is 65.5 Å². The minimum Gasteiger partial charge on any atom is -0.480 e. The maximum absolute atomic E-state index is 14.2. The highest BCUT2D eigenvalue weighted by Gasteiger charge is 2.36. The molecule has 0 spiro atoms. The quantitative estimate of drug-likeness (QED) is 0.0318. The Morgan fingerprint density at radius 2 is 0.875 bits per heavy atom. The summed E-state index contributed by atoms with van der Waals surface area (Å²) in [6.07, 6.45) is -2.90. The van der Waals surface area contributed by atoms with Crippen molar-refractivity contribution in [2.75, 3.05) is 12.3 Å². The fourth-order valence-electron chi connectivity index (χ4n) is 6.81. The van der Waals surface area contributed by atoms with E-state index in [4.69, 9.17) is 22.9 Å². The van der Waals surface area contributed by atoms with E-state index in [2.05, 4.69) is 55.2 Å². The molecule has 0 unspecified atom stereocenters. The highest BCUT2D eigenvalue weighted by molar-refractivity contribution is 7.80. The molecule has 17 N–H and O–H groups in total. The number of rotatable bonds is 31. The first-order chi connectivity index (χ1) is 33.8. The van der Waals surface area contributed by atoms with Gasteiger partial charge in [0.1, 0.15) is 42.3 Å². The standard InChI is InChI=1S/C46H66N12O13S/c1-23(2)15-33(46(70)71)52-37(62)21-51-40(64)30(18-34(48)59)55-41(65)28(16-25-11-7-5-8-12-25)53-43(67)31(19-35(49)60)56-42(66)29(17-26-13-9-6-10-14-26)54-44(68)32(20-36(50)61)57-45(69)38(24(3)4)58-39(63)27(47)22-72/h5-14,23-24,27-33,38,72H,15-22,47H2,1-4H3,(H2,48,59)(H2,49,60)(H2,50,61)(H,51,64)(H,52,62)(H,53,67)(H,54,68)(H,55,65)(H,56,66)(H,57,69)(H,58,63)(H,70,71)/t27-,28-,29-,30-,31-,32-,33-,38-/m0/s1. The van der Waals surface area contributed by atoms with Gasteiger partial charge in [-0.3, -0.25) is 52.7 Å². The number of hydrogen-bond donors (Lipinski definition) is 14. The van der Waals surface area contributed by atoms with Crippen molar-refractivity contribution in [3.05, 3.63) is 71.8 Å². The summed E-state index contributed by atoms with van der Waals surface area (Å²) < 4.78 is 0. The molecule has 0 bridgehead atoms. The number of carboxylic acids is 1. The number of carboxylic acid groups (broad SMARTS) is 1. The average Bonchev–Trinajstić information content (AvgIpc) is 3.30. The van der Waals surface area contributed by atoms with Crippen molar-refractivity contribution < 1.29 is 62.6 Å². The van der Waals surface area contributed by atoms with Crippen LogP contribution in [0, 0.1) is 11.8 Å². The summed E-state index contributed by atoms with van der Waals surface area (Å²) in [6, 6.07) is 4.10. The van der Waals surface area contributed by atoms with E-state index in [0.717, 1.165) is 0 Å². The third-order valence-electron chi connectivity index (χ3n) is 10.5. The Hall–Kier alpha value is -7.61. The van der Waals surface area contributed by atoms with Crippen molar-refractivity contribution >= 4 is 83.6 Å². The Labute approximate surface area is 421 Å². The fraction of sp³-hybridized carbons (Fsp3) is 0.478. The van der Waals surface area contributed by atoms with Crippen LogP contribution >= 0.6 is 12.6 Å². The second-order valence-corrected chi connectivity index (χ2v) is 17.9. The minimum atomic E-state index is -1.84. The molecule has 8 atom stereocenters. The number of benzene rings is 2. The maximum atomic E-state index is 14.2. The molecule has 0 aliphatic carbocycles. The van der Waals surface area contributed by atoms with E-state index < -0.39 is 151 Å². The first-order valence-electron chi connectivity index (χ1n) is 22.7. The molecule has 0 radical (unpaired) electrons. The highest BCUT2D eigenvalue weighted by atomic mass is 32.1. The van der Waals surface area contributed by atoms with Crippen molar-refractivity contribution in [2.45, 2.75) is 115 Å². The third kappa shape index (κ3) is 22.0. The Bertz CT molecular complexity index is 2250. The van der Waals surface area contributed by atoms with E-state index in [1.54, 1.807) is 88.4 Å². The van der Waals surface area contributed by atoms with E-state index in [-0.39, 0.29) is 30.9 Å². The highest BCUT2D eigenvalue weighted by Crippen LogP contribution is 2.11.